The van der Waals surface area contributed by atoms with Crippen molar-refractivity contribution in [2.45, 2.75) is 12.7 Å². The predicted molar refractivity (Wildman–Crippen MR) is 122 cm³/mol. The normalized spacial score (nSPS) is 11.3. The van der Waals surface area contributed by atoms with E-state index in [9.17, 15) is 13.2 Å². The van der Waals surface area contributed by atoms with Crippen molar-refractivity contribution in [2.75, 3.05) is 29.4 Å². The lowest BCUT2D eigenvalue weighted by Gasteiger charge is -2.22. The minimum Gasteiger partial charge on any atom is -0.354 e. The number of hydrogen-bond donors (Lipinski definition) is 1. The molecule has 0 saturated carbocycles. The summed E-state index contributed by atoms with van der Waals surface area (Å²) >= 11 is 11.0. The van der Waals surface area contributed by atoms with Gasteiger partial charge in [-0.15, -0.1) is 0 Å². The highest BCUT2D eigenvalue weighted by Crippen LogP contribution is 2.24. The first-order valence-electron chi connectivity index (χ1n) is 8.49. The molecule has 0 atom stereocenters. The van der Waals surface area contributed by atoms with Gasteiger partial charge in [-0.05, 0) is 48.4 Å². The van der Waals surface area contributed by atoms with Crippen molar-refractivity contribution in [3.8, 4) is 0 Å². The fraction of sp³-hybridized carbons (Fsp3) is 0.316. The van der Waals surface area contributed by atoms with Crippen LogP contribution in [0.25, 0.3) is 0 Å². The van der Waals surface area contributed by atoms with Crippen LogP contribution in [0.15, 0.2) is 46.9 Å². The van der Waals surface area contributed by atoms with Crippen LogP contribution in [0.1, 0.15) is 11.1 Å². The second-order valence-electron chi connectivity index (χ2n) is 6.24. The van der Waals surface area contributed by atoms with Gasteiger partial charge in [0.1, 0.15) is 6.54 Å². The van der Waals surface area contributed by atoms with E-state index >= 15 is 0 Å². The van der Waals surface area contributed by atoms with E-state index in [0.717, 1.165) is 31.9 Å². The molecule has 0 fully saturated rings. The Labute approximate surface area is 184 Å². The number of rotatable bonds is 9. The summed E-state index contributed by atoms with van der Waals surface area (Å²) < 4.78 is 26.3. The zero-order valence-corrected chi connectivity index (χ0v) is 19.6. The Morgan fingerprint density at radius 1 is 1.25 bits per heavy atom. The molecule has 0 heterocycles. The van der Waals surface area contributed by atoms with Gasteiger partial charge in [0, 0.05) is 27.5 Å². The first-order chi connectivity index (χ1) is 13.2. The molecule has 0 bridgehead atoms. The predicted octanol–water partition coefficient (Wildman–Crippen LogP) is 4.23. The lowest BCUT2D eigenvalue weighted by Crippen LogP contribution is -2.41. The third-order valence-corrected chi connectivity index (χ3v) is 7.14. The highest BCUT2D eigenvalue weighted by atomic mass is 79.9. The molecule has 0 aliphatic carbocycles. The summed E-state index contributed by atoms with van der Waals surface area (Å²) in [5.74, 6) is 1.17. The standard InChI is InChI=1S/C19H22BrClN2O3S2/c1-14-10-17(6-7-18(14)20)23(28(2,25)26)12-19(24)22-8-9-27-13-15-4-3-5-16(21)11-15/h3-7,10-11H,8-9,12-13H2,1-2H3,(H,22,24). The number of nitrogens with one attached hydrogen (secondary N) is 1. The maximum atomic E-state index is 12.2. The number of halogens is 2. The van der Waals surface area contributed by atoms with Crippen LogP contribution >= 0.6 is 39.3 Å². The van der Waals surface area contributed by atoms with Crippen LogP contribution in [0.2, 0.25) is 5.02 Å². The summed E-state index contributed by atoms with van der Waals surface area (Å²) in [4.78, 5) is 12.2. The Kier molecular flexibility index (Phi) is 8.67. The number of aryl methyl sites for hydroxylation is 1. The fourth-order valence-electron chi connectivity index (χ4n) is 2.45. The third-order valence-electron chi connectivity index (χ3n) is 3.84. The SMILES string of the molecule is Cc1cc(N(CC(=O)NCCSCc2cccc(Cl)c2)S(C)(=O)=O)ccc1Br. The maximum Gasteiger partial charge on any atom is 0.240 e. The minimum atomic E-state index is -3.58. The third kappa shape index (κ3) is 7.31. The first-order valence-corrected chi connectivity index (χ1v) is 12.7. The van der Waals surface area contributed by atoms with E-state index in [2.05, 4.69) is 21.2 Å². The van der Waals surface area contributed by atoms with Crippen molar-refractivity contribution in [3.63, 3.8) is 0 Å². The van der Waals surface area contributed by atoms with Crippen LogP contribution in [-0.4, -0.2) is 39.4 Å². The molecule has 0 aliphatic rings. The Hall–Kier alpha value is -1.22. The van der Waals surface area contributed by atoms with Crippen LogP contribution < -0.4 is 9.62 Å². The van der Waals surface area contributed by atoms with Crippen LogP contribution in [0, 0.1) is 6.92 Å². The summed E-state index contributed by atoms with van der Waals surface area (Å²) in [5.41, 5.74) is 2.48. The van der Waals surface area contributed by atoms with Crippen LogP contribution in [0.3, 0.4) is 0 Å². The van der Waals surface area contributed by atoms with Crippen LogP contribution in [0.5, 0.6) is 0 Å². The van der Waals surface area contributed by atoms with Gasteiger partial charge in [0.15, 0.2) is 0 Å². The number of anilines is 1. The number of hydrogen-bond acceptors (Lipinski definition) is 4. The largest absolute Gasteiger partial charge is 0.354 e. The second kappa shape index (κ2) is 10.5. The van der Waals surface area contributed by atoms with Gasteiger partial charge < -0.3 is 5.32 Å². The molecule has 0 aromatic heterocycles. The molecule has 0 radical (unpaired) electrons. The van der Waals surface area contributed by atoms with Crippen molar-refractivity contribution in [1.29, 1.82) is 0 Å². The summed E-state index contributed by atoms with van der Waals surface area (Å²) in [7, 11) is -3.58. The monoisotopic (exact) mass is 504 g/mol. The molecule has 2 aromatic rings. The smallest absolute Gasteiger partial charge is 0.240 e. The molecule has 5 nitrogen and oxygen atoms in total. The molecule has 0 spiro atoms. The van der Waals surface area contributed by atoms with Crippen molar-refractivity contribution in [2.24, 2.45) is 0 Å². The number of carbonyl (C=O) groups is 1. The van der Waals surface area contributed by atoms with Gasteiger partial charge >= 0.3 is 0 Å². The number of nitrogens with zero attached hydrogens (tertiary/aromatic N) is 1. The van der Waals surface area contributed by atoms with Crippen molar-refractivity contribution >= 4 is 60.9 Å². The van der Waals surface area contributed by atoms with Gasteiger partial charge in [0.05, 0.1) is 11.9 Å². The topological polar surface area (TPSA) is 66.5 Å². The van der Waals surface area contributed by atoms with Crippen molar-refractivity contribution < 1.29 is 13.2 Å². The van der Waals surface area contributed by atoms with Crippen LogP contribution in [-0.2, 0) is 20.6 Å². The van der Waals surface area contributed by atoms with Crippen molar-refractivity contribution in [1.82, 2.24) is 5.32 Å². The van der Waals surface area contributed by atoms with Gasteiger partial charge in [-0.2, -0.15) is 11.8 Å². The zero-order valence-electron chi connectivity index (χ0n) is 15.6. The Bertz CT molecular complexity index is 939. The van der Waals surface area contributed by atoms with E-state index in [1.807, 2.05) is 31.2 Å². The van der Waals surface area contributed by atoms with E-state index in [1.165, 1.54) is 0 Å². The lowest BCUT2D eigenvalue weighted by atomic mass is 10.2. The molecule has 1 amide bonds. The van der Waals surface area contributed by atoms with E-state index < -0.39 is 10.0 Å². The fourth-order valence-corrected chi connectivity index (χ4v) is 4.56. The summed E-state index contributed by atoms with van der Waals surface area (Å²) in [6.45, 7) is 2.07. The lowest BCUT2D eigenvalue weighted by molar-refractivity contribution is -0.119. The summed E-state index contributed by atoms with van der Waals surface area (Å²) in [6, 6.07) is 12.8. The summed E-state index contributed by atoms with van der Waals surface area (Å²) in [6.07, 6.45) is 1.10. The number of benzene rings is 2. The van der Waals surface area contributed by atoms with Gasteiger partial charge in [-0.3, -0.25) is 9.10 Å². The molecule has 0 aliphatic heterocycles. The molecule has 0 saturated heterocycles. The zero-order chi connectivity index (χ0) is 20.7. The number of sulfonamides is 1. The molecule has 1 N–H and O–H groups in total. The second-order valence-corrected chi connectivity index (χ2v) is 10.5. The van der Waals surface area contributed by atoms with E-state index in [4.69, 9.17) is 11.6 Å². The van der Waals surface area contributed by atoms with Crippen molar-refractivity contribution in [3.05, 3.63) is 63.1 Å². The Morgan fingerprint density at radius 2 is 2.00 bits per heavy atom. The van der Waals surface area contributed by atoms with E-state index in [-0.39, 0.29) is 12.5 Å². The van der Waals surface area contributed by atoms with E-state index in [1.54, 1.807) is 30.0 Å². The molecule has 0 unspecified atom stereocenters. The Morgan fingerprint density at radius 3 is 2.64 bits per heavy atom. The highest BCUT2D eigenvalue weighted by molar-refractivity contribution is 9.10. The molecule has 2 rings (SSSR count). The molecule has 152 valence electrons. The molecule has 9 heteroatoms. The average Bonchev–Trinajstić information content (AvgIpc) is 2.61. The number of carbonyl (C=O) groups excluding carboxylic acids is 1. The van der Waals surface area contributed by atoms with Gasteiger partial charge in [0.25, 0.3) is 0 Å². The quantitative estimate of drug-likeness (QED) is 0.518. The van der Waals surface area contributed by atoms with Crippen LogP contribution in [0.4, 0.5) is 5.69 Å². The summed E-state index contributed by atoms with van der Waals surface area (Å²) in [5, 5.41) is 3.48. The molecular weight excluding hydrogens is 484 g/mol. The molecule has 28 heavy (non-hydrogen) atoms. The molecular formula is C19H22BrClN2O3S2. The minimum absolute atomic E-state index is 0.251. The number of thioether (sulfide) groups is 1. The Balaban J connectivity index is 1.85. The number of amides is 1. The molecule has 2 aromatic carbocycles. The van der Waals surface area contributed by atoms with Gasteiger partial charge in [-0.1, -0.05) is 39.7 Å². The van der Waals surface area contributed by atoms with Gasteiger partial charge in [0.2, 0.25) is 15.9 Å². The average molecular weight is 506 g/mol. The van der Waals surface area contributed by atoms with Gasteiger partial charge in [-0.25, -0.2) is 8.42 Å². The highest BCUT2D eigenvalue weighted by Gasteiger charge is 2.21. The van der Waals surface area contributed by atoms with E-state index in [0.29, 0.717) is 23.0 Å². The first kappa shape index (κ1) is 23.1. The maximum absolute atomic E-state index is 12.2.